The topological polar surface area (TPSA) is 58.9 Å². The Morgan fingerprint density at radius 3 is 3.25 bits per heavy atom. The quantitative estimate of drug-likeness (QED) is 0.657. The second-order valence-corrected chi connectivity index (χ2v) is 3.81. The first kappa shape index (κ1) is 8.07. The van der Waals surface area contributed by atoms with Gasteiger partial charge in [0.05, 0.1) is 11.6 Å². The number of thioether (sulfide) groups is 1. The van der Waals surface area contributed by atoms with Crippen molar-refractivity contribution < 1.29 is 14.6 Å². The molecule has 0 spiro atoms. The number of nitrogens with zero attached hydrogens (tertiary/aromatic N) is 1. The van der Waals surface area contributed by atoms with Crippen LogP contribution in [0.5, 0.6) is 0 Å². The van der Waals surface area contributed by atoms with Crippen LogP contribution in [0.2, 0.25) is 0 Å². The number of aliphatic imine (C=N–C) groups is 1. The van der Waals surface area contributed by atoms with Crippen molar-refractivity contribution in [2.75, 3.05) is 0 Å². The lowest BCUT2D eigenvalue weighted by Crippen LogP contribution is -2.37. The maximum Gasteiger partial charge on any atom is 0.332 e. The molecule has 3 unspecified atom stereocenters. The number of carbonyl (C=O) groups is 1. The van der Waals surface area contributed by atoms with Crippen molar-refractivity contribution in [3.63, 3.8) is 0 Å². The van der Waals surface area contributed by atoms with Crippen LogP contribution in [0.25, 0.3) is 0 Å². The highest BCUT2D eigenvalue weighted by molar-refractivity contribution is 8.12. The molecule has 5 heteroatoms. The van der Waals surface area contributed by atoms with Crippen LogP contribution in [0.1, 0.15) is 12.8 Å². The first-order chi connectivity index (χ1) is 5.77. The van der Waals surface area contributed by atoms with E-state index in [9.17, 15) is 4.79 Å². The Balaban J connectivity index is 1.99. The first-order valence-corrected chi connectivity index (χ1v) is 4.77. The Kier molecular flexibility index (Phi) is 2.06. The molecular formula is C7H9NO3S. The number of rotatable bonds is 1. The molecule has 3 atom stereocenters. The van der Waals surface area contributed by atoms with Crippen LogP contribution in [0.4, 0.5) is 0 Å². The molecule has 1 saturated heterocycles. The van der Waals surface area contributed by atoms with Crippen molar-refractivity contribution in [1.29, 1.82) is 0 Å². The third-order valence-electron chi connectivity index (χ3n) is 2.06. The van der Waals surface area contributed by atoms with E-state index in [1.54, 1.807) is 5.55 Å². The second kappa shape index (κ2) is 3.06. The zero-order valence-corrected chi connectivity index (χ0v) is 7.16. The van der Waals surface area contributed by atoms with E-state index in [1.807, 2.05) is 0 Å². The maximum atomic E-state index is 10.6. The van der Waals surface area contributed by atoms with Gasteiger partial charge < -0.3 is 9.84 Å². The molecule has 66 valence electrons. The number of ether oxygens (including phenoxy) is 1. The van der Waals surface area contributed by atoms with E-state index in [1.165, 1.54) is 11.8 Å². The van der Waals surface area contributed by atoms with E-state index in [-0.39, 0.29) is 11.5 Å². The average molecular weight is 187 g/mol. The summed E-state index contributed by atoms with van der Waals surface area (Å²) in [6, 6.07) is 0.186. The number of carboxylic acid groups (broad SMARTS) is 1. The van der Waals surface area contributed by atoms with Gasteiger partial charge in [-0.1, -0.05) is 11.8 Å². The summed E-state index contributed by atoms with van der Waals surface area (Å²) in [5.74, 6) is -0.860. The normalized spacial score (nSPS) is 39.5. The van der Waals surface area contributed by atoms with E-state index < -0.39 is 12.1 Å². The molecule has 0 aromatic rings. The van der Waals surface area contributed by atoms with Gasteiger partial charge in [-0.15, -0.1) is 0 Å². The van der Waals surface area contributed by atoms with E-state index in [0.29, 0.717) is 6.42 Å². The first-order valence-electron chi connectivity index (χ1n) is 3.83. The SMILES string of the molecule is O=C(O)C1CCC2N=CSC2O1. The smallest absolute Gasteiger partial charge is 0.332 e. The maximum absolute atomic E-state index is 10.6. The van der Waals surface area contributed by atoms with Gasteiger partial charge in [0.25, 0.3) is 0 Å². The van der Waals surface area contributed by atoms with Gasteiger partial charge in [-0.2, -0.15) is 0 Å². The summed E-state index contributed by atoms with van der Waals surface area (Å²) in [5, 5.41) is 8.68. The summed E-state index contributed by atoms with van der Waals surface area (Å²) in [7, 11) is 0. The molecular weight excluding hydrogens is 178 g/mol. The Hall–Kier alpha value is -0.550. The predicted molar refractivity (Wildman–Crippen MR) is 45.4 cm³/mol. The summed E-state index contributed by atoms with van der Waals surface area (Å²) in [4.78, 5) is 14.7. The summed E-state index contributed by atoms with van der Waals surface area (Å²) in [6.07, 6.45) is 0.778. The molecule has 0 bridgehead atoms. The zero-order chi connectivity index (χ0) is 8.55. The van der Waals surface area contributed by atoms with E-state index in [4.69, 9.17) is 9.84 Å². The second-order valence-electron chi connectivity index (χ2n) is 2.87. The highest BCUT2D eigenvalue weighted by Crippen LogP contribution is 2.32. The molecule has 12 heavy (non-hydrogen) atoms. The minimum absolute atomic E-state index is 0.0557. The van der Waals surface area contributed by atoms with Gasteiger partial charge in [0, 0.05) is 0 Å². The Morgan fingerprint density at radius 1 is 1.67 bits per heavy atom. The van der Waals surface area contributed by atoms with Crippen LogP contribution in [0.3, 0.4) is 0 Å². The van der Waals surface area contributed by atoms with Crippen LogP contribution in [0.15, 0.2) is 4.99 Å². The van der Waals surface area contributed by atoms with Gasteiger partial charge in [0.2, 0.25) is 0 Å². The molecule has 0 aromatic carbocycles. The van der Waals surface area contributed by atoms with Crippen LogP contribution in [-0.2, 0) is 9.53 Å². The molecule has 1 fully saturated rings. The Labute approximate surface area is 74.0 Å². The molecule has 0 radical (unpaired) electrons. The molecule has 2 heterocycles. The van der Waals surface area contributed by atoms with E-state index in [2.05, 4.69) is 4.99 Å². The molecule has 2 aliphatic rings. The van der Waals surface area contributed by atoms with E-state index >= 15 is 0 Å². The van der Waals surface area contributed by atoms with Gasteiger partial charge in [0.15, 0.2) is 6.10 Å². The molecule has 4 nitrogen and oxygen atoms in total. The zero-order valence-electron chi connectivity index (χ0n) is 6.34. The van der Waals surface area contributed by atoms with Crippen LogP contribution < -0.4 is 0 Å². The number of hydrogen-bond donors (Lipinski definition) is 1. The average Bonchev–Trinajstić information content (AvgIpc) is 2.49. The minimum Gasteiger partial charge on any atom is -0.479 e. The largest absolute Gasteiger partial charge is 0.479 e. The van der Waals surface area contributed by atoms with Crippen LogP contribution >= 0.6 is 11.8 Å². The van der Waals surface area contributed by atoms with Crippen molar-refractivity contribution in [1.82, 2.24) is 0 Å². The van der Waals surface area contributed by atoms with Gasteiger partial charge in [-0.05, 0) is 12.8 Å². The summed E-state index contributed by atoms with van der Waals surface area (Å²) in [6.45, 7) is 0. The molecule has 0 aromatic heterocycles. The van der Waals surface area contributed by atoms with Crippen LogP contribution in [-0.4, -0.2) is 34.2 Å². The summed E-state index contributed by atoms with van der Waals surface area (Å²) < 4.78 is 5.31. The monoisotopic (exact) mass is 187 g/mol. The number of fused-ring (bicyclic) bond motifs is 1. The standard InChI is InChI=1S/C7H9NO3S/c9-6(10)5-2-1-4-7(11-5)12-3-8-4/h3-5,7H,1-2H2,(H,9,10). The molecule has 2 rings (SSSR count). The third kappa shape index (κ3) is 1.34. The van der Waals surface area contributed by atoms with Gasteiger partial charge in [-0.3, -0.25) is 4.99 Å². The van der Waals surface area contributed by atoms with Crippen molar-refractivity contribution >= 4 is 23.3 Å². The molecule has 2 aliphatic heterocycles. The van der Waals surface area contributed by atoms with Crippen molar-refractivity contribution in [2.24, 2.45) is 4.99 Å². The van der Waals surface area contributed by atoms with Gasteiger partial charge in [0.1, 0.15) is 5.44 Å². The number of hydrogen-bond acceptors (Lipinski definition) is 4. The highest BCUT2D eigenvalue weighted by atomic mass is 32.2. The molecule has 1 N–H and O–H groups in total. The lowest BCUT2D eigenvalue weighted by Gasteiger charge is -2.27. The van der Waals surface area contributed by atoms with Crippen molar-refractivity contribution in [3.8, 4) is 0 Å². The van der Waals surface area contributed by atoms with Gasteiger partial charge in [-0.25, -0.2) is 4.79 Å². The lowest BCUT2D eigenvalue weighted by molar-refractivity contribution is -0.155. The summed E-state index contributed by atoms with van der Waals surface area (Å²) in [5.41, 5.74) is 1.69. The van der Waals surface area contributed by atoms with Crippen molar-refractivity contribution in [2.45, 2.75) is 30.4 Å². The fourth-order valence-electron chi connectivity index (χ4n) is 1.40. The Bertz CT molecular complexity index is 231. The highest BCUT2D eigenvalue weighted by Gasteiger charge is 2.36. The lowest BCUT2D eigenvalue weighted by atomic mass is 10.1. The fraction of sp³-hybridized carbons (Fsp3) is 0.714. The Morgan fingerprint density at radius 2 is 2.50 bits per heavy atom. The van der Waals surface area contributed by atoms with Gasteiger partial charge >= 0.3 is 5.97 Å². The van der Waals surface area contributed by atoms with E-state index in [0.717, 1.165) is 6.42 Å². The molecule has 0 saturated carbocycles. The molecule has 0 aliphatic carbocycles. The number of carboxylic acids is 1. The third-order valence-corrected chi connectivity index (χ3v) is 3.00. The number of aliphatic carboxylic acids is 1. The van der Waals surface area contributed by atoms with Crippen molar-refractivity contribution in [3.05, 3.63) is 0 Å². The molecule has 0 amide bonds. The van der Waals surface area contributed by atoms with Crippen LogP contribution in [0, 0.1) is 0 Å². The summed E-state index contributed by atoms with van der Waals surface area (Å²) >= 11 is 1.47. The predicted octanol–water partition coefficient (Wildman–Crippen LogP) is 0.720. The minimum atomic E-state index is -0.860. The fourth-order valence-corrected chi connectivity index (χ4v) is 2.33.